The van der Waals surface area contributed by atoms with Crippen LogP contribution in [0.2, 0.25) is 0 Å². The molecule has 0 saturated heterocycles. The minimum atomic E-state index is -4.38. The summed E-state index contributed by atoms with van der Waals surface area (Å²) in [5.41, 5.74) is 0. The zero-order valence-electron chi connectivity index (χ0n) is 39.7. The summed E-state index contributed by atoms with van der Waals surface area (Å²) in [4.78, 5) is 35.5. The van der Waals surface area contributed by atoms with Gasteiger partial charge in [-0.2, -0.15) is 0 Å². The zero-order valence-corrected chi connectivity index (χ0v) is 40.6. The fraction of sp³-hybridized carbons (Fsp3) is 0.840. The van der Waals surface area contributed by atoms with Crippen molar-refractivity contribution in [1.82, 2.24) is 0 Å². The van der Waals surface area contributed by atoms with Crippen LogP contribution in [-0.4, -0.2) is 74.9 Å². The van der Waals surface area contributed by atoms with Gasteiger partial charge < -0.3 is 18.9 Å². The van der Waals surface area contributed by atoms with Crippen molar-refractivity contribution in [3.8, 4) is 0 Å². The van der Waals surface area contributed by atoms with Gasteiger partial charge in [0.05, 0.1) is 27.7 Å². The van der Waals surface area contributed by atoms with E-state index < -0.39 is 26.5 Å². The van der Waals surface area contributed by atoms with Crippen LogP contribution < -0.4 is 0 Å². The van der Waals surface area contributed by atoms with Gasteiger partial charge in [-0.25, -0.2) is 4.57 Å². The maximum absolute atomic E-state index is 12.7. The lowest BCUT2D eigenvalue weighted by atomic mass is 10.0. The summed E-state index contributed by atoms with van der Waals surface area (Å²) >= 11 is 0. The van der Waals surface area contributed by atoms with Crippen molar-refractivity contribution < 1.29 is 42.1 Å². The molecule has 0 aliphatic carbocycles. The third-order valence-corrected chi connectivity index (χ3v) is 11.7. The number of hydrogen-bond donors (Lipinski definition) is 1. The van der Waals surface area contributed by atoms with Crippen LogP contribution in [0.3, 0.4) is 0 Å². The summed E-state index contributed by atoms with van der Waals surface area (Å²) in [6.07, 6.45) is 49.1. The number of nitrogens with zero attached hydrogens (tertiary/aromatic N) is 1. The van der Waals surface area contributed by atoms with Crippen molar-refractivity contribution in [2.75, 3.05) is 47.5 Å². The van der Waals surface area contributed by atoms with E-state index in [0.29, 0.717) is 17.4 Å². The molecule has 1 N–H and O–H groups in total. The molecular weight excluding hydrogens is 774 g/mol. The van der Waals surface area contributed by atoms with Gasteiger partial charge in [-0.3, -0.25) is 18.6 Å². The number of phosphoric ester groups is 1. The highest BCUT2D eigenvalue weighted by molar-refractivity contribution is 7.47. The second kappa shape index (κ2) is 42.5. The average molecular weight is 869 g/mol. The van der Waals surface area contributed by atoms with Crippen molar-refractivity contribution >= 4 is 19.8 Å². The SMILES string of the molecule is CC/C=C\C/C=C\C/C=C\CCCCCCCC(=O)OC(COC(=O)CCCCCCCCCCCCCCCCCCCCCCC)COP(=O)(O)OCC[N+](C)(C)C. The third-order valence-electron chi connectivity index (χ3n) is 10.7. The van der Waals surface area contributed by atoms with Crippen LogP contribution in [0.4, 0.5) is 0 Å². The summed E-state index contributed by atoms with van der Waals surface area (Å²) in [6.45, 7) is 4.32. The Morgan fingerprint density at radius 2 is 0.950 bits per heavy atom. The molecule has 2 unspecified atom stereocenters. The second-order valence-electron chi connectivity index (χ2n) is 17.8. The summed E-state index contributed by atoms with van der Waals surface area (Å²) in [5.74, 6) is -0.810. The van der Waals surface area contributed by atoms with Gasteiger partial charge in [-0.15, -0.1) is 0 Å². The fourth-order valence-electron chi connectivity index (χ4n) is 6.85. The number of ether oxygens (including phenoxy) is 2. The largest absolute Gasteiger partial charge is 0.472 e. The van der Waals surface area contributed by atoms with Crippen LogP contribution in [0, 0.1) is 0 Å². The van der Waals surface area contributed by atoms with E-state index in [9.17, 15) is 19.0 Å². The Morgan fingerprint density at radius 3 is 1.42 bits per heavy atom. The summed E-state index contributed by atoms with van der Waals surface area (Å²) in [7, 11) is 1.47. The van der Waals surface area contributed by atoms with E-state index in [1.165, 1.54) is 116 Å². The molecule has 0 radical (unpaired) electrons. The lowest BCUT2D eigenvalue weighted by Gasteiger charge is -2.24. The number of likely N-dealkylation sites (N-methyl/N-ethyl adjacent to an activating group) is 1. The predicted octanol–water partition coefficient (Wildman–Crippen LogP) is 14.5. The van der Waals surface area contributed by atoms with Crippen LogP contribution >= 0.6 is 7.82 Å². The van der Waals surface area contributed by atoms with Gasteiger partial charge in [-0.05, 0) is 44.9 Å². The number of esters is 2. The molecule has 0 fully saturated rings. The highest BCUT2D eigenvalue weighted by atomic mass is 31.2. The molecule has 0 aliphatic heterocycles. The molecule has 2 atom stereocenters. The van der Waals surface area contributed by atoms with E-state index in [0.717, 1.165) is 70.6 Å². The summed E-state index contributed by atoms with van der Waals surface area (Å²) < 4.78 is 34.4. The first-order valence-corrected chi connectivity index (χ1v) is 26.2. The first kappa shape index (κ1) is 58.2. The quantitative estimate of drug-likeness (QED) is 0.0212. The molecule has 0 bridgehead atoms. The van der Waals surface area contributed by atoms with Gasteiger partial charge in [0.1, 0.15) is 19.8 Å². The van der Waals surface area contributed by atoms with Crippen molar-refractivity contribution in [2.24, 2.45) is 0 Å². The Kier molecular flexibility index (Phi) is 41.3. The van der Waals surface area contributed by atoms with E-state index >= 15 is 0 Å². The number of carbonyl (C=O) groups excluding carboxylic acids is 2. The van der Waals surface area contributed by atoms with Crippen LogP contribution in [0.1, 0.15) is 219 Å². The van der Waals surface area contributed by atoms with Crippen LogP contribution in [0.25, 0.3) is 0 Å². The Balaban J connectivity index is 4.23. The van der Waals surface area contributed by atoms with Gasteiger partial charge >= 0.3 is 19.8 Å². The van der Waals surface area contributed by atoms with E-state index in [1.807, 2.05) is 21.1 Å². The Morgan fingerprint density at radius 1 is 0.533 bits per heavy atom. The van der Waals surface area contributed by atoms with Crippen LogP contribution in [-0.2, 0) is 32.7 Å². The number of hydrogen-bond acceptors (Lipinski definition) is 7. The molecule has 0 amide bonds. The molecule has 0 aromatic rings. The molecule has 0 aromatic carbocycles. The minimum absolute atomic E-state index is 0.0288. The fourth-order valence-corrected chi connectivity index (χ4v) is 7.59. The molecule has 352 valence electrons. The molecule has 0 spiro atoms. The van der Waals surface area contributed by atoms with Gasteiger partial charge in [0.15, 0.2) is 6.10 Å². The zero-order chi connectivity index (χ0) is 44.3. The summed E-state index contributed by atoms with van der Waals surface area (Å²) in [5, 5.41) is 0. The molecule has 0 heterocycles. The molecule has 0 saturated carbocycles. The molecular formula is C50H95NO8P+. The molecule has 0 rings (SSSR count). The molecule has 10 heteroatoms. The molecule has 0 aliphatic rings. The number of rotatable bonds is 45. The Labute approximate surface area is 370 Å². The van der Waals surface area contributed by atoms with Crippen molar-refractivity contribution in [2.45, 2.75) is 225 Å². The number of unbranched alkanes of at least 4 members (excludes halogenated alkanes) is 25. The highest BCUT2D eigenvalue weighted by Gasteiger charge is 2.27. The predicted molar refractivity (Wildman–Crippen MR) is 252 cm³/mol. The van der Waals surface area contributed by atoms with E-state index in [4.69, 9.17) is 18.5 Å². The highest BCUT2D eigenvalue weighted by Crippen LogP contribution is 2.43. The molecule has 9 nitrogen and oxygen atoms in total. The monoisotopic (exact) mass is 869 g/mol. The number of carbonyl (C=O) groups is 2. The maximum atomic E-state index is 12.7. The van der Waals surface area contributed by atoms with Gasteiger partial charge in [0.2, 0.25) is 0 Å². The second-order valence-corrected chi connectivity index (χ2v) is 19.3. The smallest absolute Gasteiger partial charge is 0.462 e. The maximum Gasteiger partial charge on any atom is 0.472 e. The lowest BCUT2D eigenvalue weighted by molar-refractivity contribution is -0.870. The van der Waals surface area contributed by atoms with Gasteiger partial charge in [0, 0.05) is 12.8 Å². The number of phosphoric acid groups is 1. The standard InChI is InChI=1S/C50H94NO8P/c1-6-8-10-12-14-16-18-20-22-23-24-25-26-27-29-30-32-34-36-38-40-42-49(52)56-46-48(47-58-60(54,55)57-45-44-51(3,4)5)59-50(53)43-41-39-37-35-33-31-28-21-19-17-15-13-11-9-7-2/h9,11,15,17,21,28,48H,6-8,10,12-14,16,18-20,22-27,29-47H2,1-5H3/p+1/b11-9-,17-15-,28-21-. The molecule has 60 heavy (non-hydrogen) atoms. The number of quaternary nitrogens is 1. The van der Waals surface area contributed by atoms with E-state index in [2.05, 4.69) is 50.3 Å². The normalized spacial score (nSPS) is 13.8. The van der Waals surface area contributed by atoms with E-state index in [1.54, 1.807) is 0 Å². The molecule has 0 aromatic heterocycles. The lowest BCUT2D eigenvalue weighted by Crippen LogP contribution is -2.37. The minimum Gasteiger partial charge on any atom is -0.462 e. The van der Waals surface area contributed by atoms with E-state index in [-0.39, 0.29) is 32.0 Å². The van der Waals surface area contributed by atoms with Crippen molar-refractivity contribution in [1.29, 1.82) is 0 Å². The Hall–Kier alpha value is -1.77. The Bertz CT molecular complexity index is 1120. The topological polar surface area (TPSA) is 108 Å². The third kappa shape index (κ3) is 45.7. The van der Waals surface area contributed by atoms with Gasteiger partial charge in [-0.1, -0.05) is 198 Å². The van der Waals surface area contributed by atoms with Crippen molar-refractivity contribution in [3.63, 3.8) is 0 Å². The first-order chi connectivity index (χ1) is 29.0. The summed E-state index contributed by atoms with van der Waals surface area (Å²) in [6, 6.07) is 0. The average Bonchev–Trinajstić information content (AvgIpc) is 3.20. The number of allylic oxidation sites excluding steroid dienone is 6. The van der Waals surface area contributed by atoms with Crippen molar-refractivity contribution in [3.05, 3.63) is 36.5 Å². The van der Waals surface area contributed by atoms with Crippen LogP contribution in [0.5, 0.6) is 0 Å². The first-order valence-electron chi connectivity index (χ1n) is 24.7. The van der Waals surface area contributed by atoms with Gasteiger partial charge in [0.25, 0.3) is 0 Å². The van der Waals surface area contributed by atoms with Crippen LogP contribution in [0.15, 0.2) is 36.5 Å².